The van der Waals surface area contributed by atoms with Crippen LogP contribution in [-0.2, 0) is 15.9 Å². The summed E-state index contributed by atoms with van der Waals surface area (Å²) in [6.45, 7) is 5.30. The third-order valence-electron chi connectivity index (χ3n) is 6.63. The molecule has 0 saturated carbocycles. The highest BCUT2D eigenvalue weighted by Gasteiger charge is 2.27. The largest absolute Gasteiger partial charge is 0.462 e. The van der Waals surface area contributed by atoms with Crippen molar-refractivity contribution in [3.63, 3.8) is 0 Å². The van der Waals surface area contributed by atoms with E-state index in [2.05, 4.69) is 21.9 Å². The van der Waals surface area contributed by atoms with Gasteiger partial charge in [-0.15, -0.1) is 0 Å². The first-order valence-corrected chi connectivity index (χ1v) is 12.2. The van der Waals surface area contributed by atoms with Crippen molar-refractivity contribution < 1.29 is 18.7 Å². The molecule has 2 amide bonds. The van der Waals surface area contributed by atoms with Crippen LogP contribution in [0.15, 0.2) is 77.4 Å². The minimum Gasteiger partial charge on any atom is -0.462 e. The minimum absolute atomic E-state index is 0.258. The summed E-state index contributed by atoms with van der Waals surface area (Å²) in [6, 6.07) is 17.5. The van der Waals surface area contributed by atoms with Gasteiger partial charge in [0.05, 0.1) is 5.69 Å². The van der Waals surface area contributed by atoms with Crippen LogP contribution < -0.4 is 10.6 Å². The first-order chi connectivity index (χ1) is 17.2. The number of para-hydroxylation sites is 1. The molecule has 1 atom stereocenters. The molecular weight excluding hydrogens is 444 g/mol. The molecule has 3 heterocycles. The number of amides is 2. The number of nitrogens with zero attached hydrogens (tertiary/aromatic N) is 3. The van der Waals surface area contributed by atoms with Gasteiger partial charge in [-0.1, -0.05) is 42.5 Å². The molecule has 8 heteroatoms. The van der Waals surface area contributed by atoms with Gasteiger partial charge in [0, 0.05) is 44.5 Å². The quantitative estimate of drug-likeness (QED) is 0.468. The van der Waals surface area contributed by atoms with Crippen LogP contribution in [0.4, 0.5) is 10.5 Å². The lowest BCUT2D eigenvalue weighted by molar-refractivity contribution is -0.0522. The van der Waals surface area contributed by atoms with Crippen molar-refractivity contribution in [3.8, 4) is 0 Å². The van der Waals surface area contributed by atoms with E-state index < -0.39 is 6.03 Å². The topological polar surface area (TPSA) is 84.4 Å². The molecular formula is C27H32N4O4. The van der Waals surface area contributed by atoms with Gasteiger partial charge in [0.25, 0.3) is 0 Å². The van der Waals surface area contributed by atoms with Gasteiger partial charge < -0.3 is 24.5 Å². The number of rotatable bonds is 9. The Labute approximate surface area is 205 Å². The number of unbranched alkanes of at least 4 members (excludes halogenated alkanes) is 1. The lowest BCUT2D eigenvalue weighted by atomic mass is 10.1. The maximum Gasteiger partial charge on any atom is 0.319 e. The van der Waals surface area contributed by atoms with Crippen LogP contribution in [0.3, 0.4) is 0 Å². The molecule has 0 radical (unpaired) electrons. The van der Waals surface area contributed by atoms with Crippen LogP contribution >= 0.6 is 0 Å². The fraction of sp³-hybridized carbons (Fsp3) is 0.370. The van der Waals surface area contributed by atoms with Crippen molar-refractivity contribution in [1.29, 1.82) is 0 Å². The Bertz CT molecular complexity index is 1150. The molecule has 1 fully saturated rings. The summed E-state index contributed by atoms with van der Waals surface area (Å²) < 4.78 is 17.4. The summed E-state index contributed by atoms with van der Waals surface area (Å²) in [5, 5.41) is 0.904. The highest BCUT2D eigenvalue weighted by Crippen LogP contribution is 2.29. The predicted molar refractivity (Wildman–Crippen MR) is 135 cm³/mol. The van der Waals surface area contributed by atoms with Gasteiger partial charge in [-0.2, -0.15) is 0 Å². The number of anilines is 1. The summed E-state index contributed by atoms with van der Waals surface area (Å²) in [7, 11) is 0. The summed E-state index contributed by atoms with van der Waals surface area (Å²) in [6.07, 6.45) is 5.69. The Hall–Kier alpha value is -3.65. The van der Waals surface area contributed by atoms with Crippen LogP contribution in [0.2, 0.25) is 0 Å². The van der Waals surface area contributed by atoms with E-state index in [4.69, 9.17) is 19.6 Å². The molecule has 3 aromatic rings. The molecule has 2 aromatic carbocycles. The van der Waals surface area contributed by atoms with Gasteiger partial charge in [0.15, 0.2) is 0 Å². The molecule has 2 aliphatic heterocycles. The average Bonchev–Trinajstić information content (AvgIpc) is 3.52. The fourth-order valence-corrected chi connectivity index (χ4v) is 4.69. The second-order valence-corrected chi connectivity index (χ2v) is 8.97. The monoisotopic (exact) mass is 476 g/mol. The summed E-state index contributed by atoms with van der Waals surface area (Å²) >= 11 is 0. The second-order valence-electron chi connectivity index (χ2n) is 8.97. The van der Waals surface area contributed by atoms with E-state index in [9.17, 15) is 4.79 Å². The molecule has 0 spiro atoms. The molecule has 2 aliphatic rings. The number of ether oxygens (including phenoxy) is 2. The fourth-order valence-electron chi connectivity index (χ4n) is 4.69. The van der Waals surface area contributed by atoms with Gasteiger partial charge in [-0.25, -0.2) is 4.79 Å². The van der Waals surface area contributed by atoms with Gasteiger partial charge in [0.1, 0.15) is 18.1 Å². The molecule has 1 aromatic heterocycles. The molecule has 184 valence electrons. The summed E-state index contributed by atoms with van der Waals surface area (Å²) in [4.78, 5) is 18.4. The molecule has 0 bridgehead atoms. The van der Waals surface area contributed by atoms with E-state index in [1.54, 1.807) is 17.4 Å². The van der Waals surface area contributed by atoms with E-state index in [0.717, 1.165) is 74.5 Å². The second kappa shape index (κ2) is 10.7. The Morgan fingerprint density at radius 2 is 1.77 bits per heavy atom. The zero-order valence-corrected chi connectivity index (χ0v) is 19.8. The standard InChI is InChI=1S/C27H32N4O4/c28-27(32)31(23-19-33-24-11-5-4-10-22(23)24)13-7-6-12-29-14-16-30(17-15-29)25-20-34-26(35-25)18-21-8-2-1-3-9-21/h1-5,8-11,19-20,26H,6-7,12-18H2,(H2,28,32). The molecule has 1 saturated heterocycles. The number of nitrogens with two attached hydrogens (primary N) is 1. The van der Waals surface area contributed by atoms with E-state index in [0.29, 0.717) is 6.54 Å². The van der Waals surface area contributed by atoms with Crippen LogP contribution in [0.25, 0.3) is 11.0 Å². The SMILES string of the molecule is NC(=O)N(CCCCN1CCN(C2=COC(Cc3ccccc3)O2)CC1)c1coc2ccccc12. The number of urea groups is 1. The molecule has 2 N–H and O–H groups in total. The summed E-state index contributed by atoms with van der Waals surface area (Å²) in [5.41, 5.74) is 8.37. The number of benzene rings is 2. The maximum atomic E-state index is 12.1. The Morgan fingerprint density at radius 1 is 1.00 bits per heavy atom. The number of piperazine rings is 1. The molecule has 35 heavy (non-hydrogen) atoms. The Balaban J connectivity index is 1.03. The zero-order chi connectivity index (χ0) is 24.0. The number of carbonyl (C=O) groups excluding carboxylic acids is 1. The third-order valence-corrected chi connectivity index (χ3v) is 6.63. The number of hydrogen-bond donors (Lipinski definition) is 1. The van der Waals surface area contributed by atoms with Gasteiger partial charge >= 0.3 is 6.03 Å². The molecule has 1 unspecified atom stereocenters. The highest BCUT2D eigenvalue weighted by molar-refractivity contribution is 6.01. The van der Waals surface area contributed by atoms with Crippen LogP contribution in [0.1, 0.15) is 18.4 Å². The van der Waals surface area contributed by atoms with Gasteiger partial charge in [0.2, 0.25) is 12.2 Å². The Kier molecular flexibility index (Phi) is 7.09. The normalized spacial score (nSPS) is 18.2. The maximum absolute atomic E-state index is 12.1. The average molecular weight is 477 g/mol. The van der Waals surface area contributed by atoms with Crippen molar-refractivity contribution in [2.45, 2.75) is 25.6 Å². The van der Waals surface area contributed by atoms with Crippen molar-refractivity contribution in [2.24, 2.45) is 5.73 Å². The molecule has 0 aliphatic carbocycles. The van der Waals surface area contributed by atoms with Crippen molar-refractivity contribution in [3.05, 3.63) is 78.6 Å². The van der Waals surface area contributed by atoms with Crippen molar-refractivity contribution in [2.75, 3.05) is 44.2 Å². The lowest BCUT2D eigenvalue weighted by Crippen LogP contribution is -2.46. The van der Waals surface area contributed by atoms with Gasteiger partial charge in [-0.05, 0) is 37.1 Å². The first-order valence-electron chi connectivity index (χ1n) is 12.2. The number of carbonyl (C=O) groups is 1. The van der Waals surface area contributed by atoms with Crippen molar-refractivity contribution in [1.82, 2.24) is 9.80 Å². The zero-order valence-electron chi connectivity index (χ0n) is 19.8. The number of hydrogen-bond acceptors (Lipinski definition) is 6. The number of furan rings is 1. The van der Waals surface area contributed by atoms with Crippen LogP contribution in [-0.4, -0.2) is 61.4 Å². The number of fused-ring (bicyclic) bond motifs is 1. The van der Waals surface area contributed by atoms with E-state index >= 15 is 0 Å². The Morgan fingerprint density at radius 3 is 2.57 bits per heavy atom. The molecule has 5 rings (SSSR count). The van der Waals surface area contributed by atoms with Crippen molar-refractivity contribution >= 4 is 22.7 Å². The smallest absolute Gasteiger partial charge is 0.319 e. The lowest BCUT2D eigenvalue weighted by Gasteiger charge is -2.35. The minimum atomic E-state index is -0.456. The third kappa shape index (κ3) is 5.54. The first kappa shape index (κ1) is 23.1. The highest BCUT2D eigenvalue weighted by atomic mass is 16.7. The summed E-state index contributed by atoms with van der Waals surface area (Å²) in [5.74, 6) is 0.829. The number of primary amides is 1. The van der Waals surface area contributed by atoms with Crippen LogP contribution in [0, 0.1) is 0 Å². The van der Waals surface area contributed by atoms with E-state index in [-0.39, 0.29) is 6.29 Å². The van der Waals surface area contributed by atoms with E-state index in [1.165, 1.54) is 5.56 Å². The van der Waals surface area contributed by atoms with Crippen LogP contribution in [0.5, 0.6) is 0 Å². The van der Waals surface area contributed by atoms with E-state index in [1.807, 2.05) is 42.5 Å². The van der Waals surface area contributed by atoms with Gasteiger partial charge in [-0.3, -0.25) is 9.80 Å². The molecule has 8 nitrogen and oxygen atoms in total. The predicted octanol–water partition coefficient (Wildman–Crippen LogP) is 4.13.